The van der Waals surface area contributed by atoms with Crippen LogP contribution in [0.25, 0.3) is 0 Å². The van der Waals surface area contributed by atoms with Gasteiger partial charge in [0.25, 0.3) is 5.91 Å². The van der Waals surface area contributed by atoms with Crippen molar-refractivity contribution in [3.63, 3.8) is 0 Å². The van der Waals surface area contributed by atoms with Crippen LogP contribution in [0.5, 0.6) is 5.75 Å². The van der Waals surface area contributed by atoms with E-state index in [9.17, 15) is 4.79 Å². The molecule has 1 saturated heterocycles. The molecule has 180 valence electrons. The second-order valence-corrected chi connectivity index (χ2v) is 11.8. The van der Waals surface area contributed by atoms with Crippen molar-refractivity contribution < 1.29 is 9.53 Å². The number of nitrogens with zero attached hydrogens (tertiary/aromatic N) is 2. The van der Waals surface area contributed by atoms with Crippen molar-refractivity contribution in [3.8, 4) is 5.75 Å². The van der Waals surface area contributed by atoms with Gasteiger partial charge in [0.05, 0.1) is 17.2 Å². The molecule has 2 aromatic rings. The molecule has 1 amide bonds. The number of carbonyl (C=O) groups is 1. The number of rotatable bonds is 6. The SMILES string of the molecule is CC(C)(SN1CCC2(CC1)CC2)c1ccccc1.CCOc1ccc(C(=O)N(C)C)c(Cl)c1. The van der Waals surface area contributed by atoms with E-state index in [4.69, 9.17) is 16.3 Å². The second kappa shape index (κ2) is 11.2. The lowest BCUT2D eigenvalue weighted by molar-refractivity contribution is 0.0827. The zero-order chi connectivity index (χ0) is 24.1. The second-order valence-electron chi connectivity index (χ2n) is 9.67. The van der Waals surface area contributed by atoms with Crippen molar-refractivity contribution >= 4 is 29.5 Å². The number of halogens is 1. The number of hydrogen-bond acceptors (Lipinski definition) is 4. The Morgan fingerprint density at radius 3 is 2.24 bits per heavy atom. The first-order valence-electron chi connectivity index (χ1n) is 11.8. The van der Waals surface area contributed by atoms with Crippen LogP contribution in [0.15, 0.2) is 48.5 Å². The number of benzene rings is 2. The first-order valence-corrected chi connectivity index (χ1v) is 12.9. The number of amides is 1. The molecule has 0 atom stereocenters. The van der Waals surface area contributed by atoms with Gasteiger partial charge in [0.2, 0.25) is 0 Å². The van der Waals surface area contributed by atoms with Crippen LogP contribution in [-0.4, -0.2) is 48.9 Å². The molecule has 1 saturated carbocycles. The lowest BCUT2D eigenvalue weighted by Crippen LogP contribution is -2.32. The molecule has 0 radical (unpaired) electrons. The fourth-order valence-electron chi connectivity index (χ4n) is 4.11. The predicted molar refractivity (Wildman–Crippen MR) is 140 cm³/mol. The molecule has 0 aromatic heterocycles. The molecule has 1 aliphatic carbocycles. The van der Waals surface area contributed by atoms with Gasteiger partial charge in [-0.25, -0.2) is 4.31 Å². The van der Waals surface area contributed by atoms with Crippen LogP contribution >= 0.6 is 23.5 Å². The third kappa shape index (κ3) is 7.14. The van der Waals surface area contributed by atoms with Gasteiger partial charge in [0.1, 0.15) is 5.75 Å². The molecule has 1 heterocycles. The van der Waals surface area contributed by atoms with Crippen molar-refractivity contribution in [2.24, 2.45) is 5.41 Å². The summed E-state index contributed by atoms with van der Waals surface area (Å²) in [6, 6.07) is 16.0. The topological polar surface area (TPSA) is 32.8 Å². The van der Waals surface area contributed by atoms with E-state index < -0.39 is 0 Å². The van der Waals surface area contributed by atoms with Crippen LogP contribution < -0.4 is 4.74 Å². The largest absolute Gasteiger partial charge is 0.494 e. The monoisotopic (exact) mass is 488 g/mol. The van der Waals surface area contributed by atoms with Gasteiger partial charge < -0.3 is 9.64 Å². The van der Waals surface area contributed by atoms with Gasteiger partial charge in [-0.05, 0) is 75.6 Å². The maximum Gasteiger partial charge on any atom is 0.254 e. The highest BCUT2D eigenvalue weighted by Crippen LogP contribution is 2.55. The number of ether oxygens (including phenoxy) is 1. The Hall–Kier alpha value is -1.69. The van der Waals surface area contributed by atoms with E-state index in [0.717, 1.165) is 5.41 Å². The zero-order valence-corrected chi connectivity index (χ0v) is 22.1. The molecule has 2 aliphatic rings. The van der Waals surface area contributed by atoms with E-state index in [-0.39, 0.29) is 10.7 Å². The molecule has 1 aliphatic heterocycles. The average Bonchev–Trinajstić information content (AvgIpc) is 3.55. The molecule has 0 N–H and O–H groups in total. The smallest absolute Gasteiger partial charge is 0.254 e. The molecular weight excluding hydrogens is 452 g/mol. The van der Waals surface area contributed by atoms with Gasteiger partial charge in [0.15, 0.2) is 0 Å². The summed E-state index contributed by atoms with van der Waals surface area (Å²) in [5, 5.41) is 0.416. The van der Waals surface area contributed by atoms with Gasteiger partial charge in [-0.3, -0.25) is 4.79 Å². The Morgan fingerprint density at radius 2 is 1.73 bits per heavy atom. The molecule has 33 heavy (non-hydrogen) atoms. The predicted octanol–water partition coefficient (Wildman–Crippen LogP) is 6.89. The van der Waals surface area contributed by atoms with Crippen LogP contribution in [-0.2, 0) is 4.75 Å². The molecule has 0 unspecified atom stereocenters. The minimum atomic E-state index is -0.108. The highest BCUT2D eigenvalue weighted by atomic mass is 35.5. The molecule has 2 fully saturated rings. The van der Waals surface area contributed by atoms with Crippen molar-refractivity contribution in [2.45, 2.75) is 51.2 Å². The highest BCUT2D eigenvalue weighted by Gasteiger charge is 2.45. The molecule has 6 heteroatoms. The highest BCUT2D eigenvalue weighted by molar-refractivity contribution is 7.97. The lowest BCUT2D eigenvalue weighted by atomic mass is 9.95. The fourth-order valence-corrected chi connectivity index (χ4v) is 5.61. The molecule has 0 bridgehead atoms. The van der Waals surface area contributed by atoms with Gasteiger partial charge in [-0.15, -0.1) is 0 Å². The quantitative estimate of drug-likeness (QED) is 0.414. The summed E-state index contributed by atoms with van der Waals surface area (Å²) >= 11 is 8.01. The summed E-state index contributed by atoms with van der Waals surface area (Å²) < 4.78 is 8.06. The van der Waals surface area contributed by atoms with Crippen LogP contribution in [0.1, 0.15) is 62.4 Å². The third-order valence-electron chi connectivity index (χ3n) is 6.45. The Bertz CT molecular complexity index is 919. The van der Waals surface area contributed by atoms with E-state index >= 15 is 0 Å². The molecule has 4 nitrogen and oxygen atoms in total. The van der Waals surface area contributed by atoms with Crippen LogP contribution in [0.4, 0.5) is 0 Å². The van der Waals surface area contributed by atoms with E-state index in [0.29, 0.717) is 22.9 Å². The summed E-state index contributed by atoms with van der Waals surface area (Å²) in [4.78, 5) is 13.1. The summed E-state index contributed by atoms with van der Waals surface area (Å²) in [7, 11) is 3.38. The number of carbonyl (C=O) groups excluding carboxylic acids is 1. The van der Waals surface area contributed by atoms with Gasteiger partial charge >= 0.3 is 0 Å². The fraction of sp³-hybridized carbons (Fsp3) is 0.519. The zero-order valence-electron chi connectivity index (χ0n) is 20.6. The normalized spacial score (nSPS) is 17.2. The van der Waals surface area contributed by atoms with Gasteiger partial charge in [-0.2, -0.15) is 0 Å². The van der Waals surface area contributed by atoms with Crippen molar-refractivity contribution in [2.75, 3.05) is 33.8 Å². The van der Waals surface area contributed by atoms with E-state index in [1.807, 2.05) is 18.9 Å². The van der Waals surface area contributed by atoms with E-state index in [1.54, 1.807) is 32.3 Å². The van der Waals surface area contributed by atoms with Crippen LogP contribution in [0.3, 0.4) is 0 Å². The third-order valence-corrected chi connectivity index (χ3v) is 8.08. The maximum absolute atomic E-state index is 11.6. The minimum Gasteiger partial charge on any atom is -0.494 e. The maximum atomic E-state index is 11.6. The van der Waals surface area contributed by atoms with Crippen molar-refractivity contribution in [1.29, 1.82) is 0 Å². The standard InChI is InChI=1S/C16H23NS.C11H14ClNO2/c1-15(2,14-6-4-3-5-7-14)18-17-12-10-16(8-9-16)11-13-17;1-4-15-8-5-6-9(10(12)7-8)11(14)13(2)3/h3-7H,8-13H2,1-2H3;5-7H,4H2,1-3H3. The number of piperidine rings is 1. The average molecular weight is 489 g/mol. The summed E-state index contributed by atoms with van der Waals surface area (Å²) in [5.41, 5.74) is 2.71. The Labute approximate surface area is 208 Å². The van der Waals surface area contributed by atoms with Crippen molar-refractivity contribution in [1.82, 2.24) is 9.21 Å². The van der Waals surface area contributed by atoms with Crippen LogP contribution in [0, 0.1) is 5.41 Å². The first kappa shape index (κ1) is 25.9. The summed E-state index contributed by atoms with van der Waals surface area (Å²) in [6.07, 6.45) is 5.83. The summed E-state index contributed by atoms with van der Waals surface area (Å²) in [5.74, 6) is 0.570. The Balaban J connectivity index is 0.000000190. The molecule has 1 spiro atoms. The van der Waals surface area contributed by atoms with Gasteiger partial charge in [0, 0.05) is 31.9 Å². The minimum absolute atomic E-state index is 0.108. The first-order chi connectivity index (χ1) is 15.7. The molecule has 2 aromatic carbocycles. The lowest BCUT2D eigenvalue weighted by Gasteiger charge is -2.36. The molecule has 4 rings (SSSR count). The van der Waals surface area contributed by atoms with Gasteiger partial charge in [-0.1, -0.05) is 53.9 Å². The van der Waals surface area contributed by atoms with E-state index in [2.05, 4.69) is 48.5 Å². The molecular formula is C27H37ClN2O2S. The van der Waals surface area contributed by atoms with E-state index in [1.165, 1.54) is 49.2 Å². The van der Waals surface area contributed by atoms with Crippen molar-refractivity contribution in [3.05, 3.63) is 64.7 Å². The Morgan fingerprint density at radius 1 is 1.09 bits per heavy atom. The summed E-state index contributed by atoms with van der Waals surface area (Å²) in [6.45, 7) is 9.72. The Kier molecular flexibility index (Phi) is 8.76. The number of hydrogen-bond donors (Lipinski definition) is 0. The van der Waals surface area contributed by atoms with Crippen LogP contribution in [0.2, 0.25) is 5.02 Å².